The van der Waals surface area contributed by atoms with Gasteiger partial charge in [0.05, 0.1) is 10.5 Å². The number of benzene rings is 2. The average Bonchev–Trinajstić information content (AvgIpc) is 2.43. The van der Waals surface area contributed by atoms with Gasteiger partial charge in [0.25, 0.3) is 9.84 Å². The van der Waals surface area contributed by atoms with Crippen LogP contribution in [0.5, 0.6) is 0 Å². The van der Waals surface area contributed by atoms with E-state index in [0.29, 0.717) is 10.0 Å². The molecule has 0 heterocycles. The first-order valence-electron chi connectivity index (χ1n) is 5.98. The van der Waals surface area contributed by atoms with Crippen molar-refractivity contribution in [2.45, 2.75) is 17.2 Å². The molecule has 6 heteroatoms. The van der Waals surface area contributed by atoms with Crippen LogP contribution in [0.1, 0.15) is 16.5 Å². The third-order valence-electron chi connectivity index (χ3n) is 2.98. The van der Waals surface area contributed by atoms with Gasteiger partial charge in [0.15, 0.2) is 0 Å². The first-order valence-corrected chi connectivity index (χ1v) is 9.11. The van der Waals surface area contributed by atoms with Gasteiger partial charge in [-0.05, 0) is 37.3 Å². The summed E-state index contributed by atoms with van der Waals surface area (Å²) in [5, 5.41) is -1.27. The van der Waals surface area contributed by atoms with Gasteiger partial charge in [-0.25, -0.2) is 15.0 Å². The van der Waals surface area contributed by atoms with E-state index in [-0.39, 0.29) is 4.90 Å². The topological polar surface area (TPSA) is 38.5 Å². The van der Waals surface area contributed by atoms with Crippen molar-refractivity contribution < 1.29 is 8.42 Å². The molecule has 0 N–H and O–H groups in total. The molecule has 1 atom stereocenters. The predicted molar refractivity (Wildman–Crippen MR) is 89.5 cm³/mol. The van der Waals surface area contributed by atoms with Gasteiger partial charge in [-0.3, -0.25) is 4.85 Å². The van der Waals surface area contributed by atoms with E-state index in [1.165, 1.54) is 12.1 Å². The second kappa shape index (κ2) is 6.30. The lowest BCUT2D eigenvalue weighted by atomic mass is 10.2. The van der Waals surface area contributed by atoms with E-state index in [1.807, 2.05) is 6.92 Å². The van der Waals surface area contributed by atoms with Crippen LogP contribution in [0.2, 0.25) is 0 Å². The fraction of sp³-hybridized carbons (Fsp3) is 0.133. The molecule has 0 aliphatic carbocycles. The maximum atomic E-state index is 12.7. The quantitative estimate of drug-likeness (QED) is 0.651. The van der Waals surface area contributed by atoms with Gasteiger partial charge in [0.1, 0.15) is 0 Å². The predicted octanol–water partition coefficient (Wildman–Crippen LogP) is 4.91. The standard InChI is InChI=1S/C15H11Br2NO2S/c1-10-3-6-12(7-4-10)21(19,20)15(18-2)13-9-11(16)5-8-14(13)17/h3-9,15H,1H3. The van der Waals surface area contributed by atoms with Gasteiger partial charge in [-0.15, -0.1) is 0 Å². The lowest BCUT2D eigenvalue weighted by Crippen LogP contribution is -2.11. The molecule has 0 radical (unpaired) electrons. The van der Waals surface area contributed by atoms with Gasteiger partial charge in [-0.2, -0.15) is 0 Å². The van der Waals surface area contributed by atoms with E-state index in [9.17, 15) is 8.42 Å². The first-order chi connectivity index (χ1) is 9.86. The number of halogens is 2. The summed E-state index contributed by atoms with van der Waals surface area (Å²) >= 11 is 6.63. The first kappa shape index (κ1) is 16.2. The molecule has 0 saturated carbocycles. The molecule has 2 aromatic rings. The van der Waals surface area contributed by atoms with Gasteiger partial charge in [0.2, 0.25) is 0 Å². The van der Waals surface area contributed by atoms with Crippen molar-refractivity contribution in [2.75, 3.05) is 0 Å². The van der Waals surface area contributed by atoms with Gasteiger partial charge >= 0.3 is 5.37 Å². The summed E-state index contributed by atoms with van der Waals surface area (Å²) in [6.45, 7) is 9.20. The smallest absolute Gasteiger partial charge is 0.291 e. The number of sulfone groups is 1. The Morgan fingerprint density at radius 3 is 2.29 bits per heavy atom. The summed E-state index contributed by atoms with van der Waals surface area (Å²) in [5.41, 5.74) is 1.40. The third kappa shape index (κ3) is 3.37. The average molecular weight is 429 g/mol. The molecule has 0 aliphatic rings. The van der Waals surface area contributed by atoms with Crippen LogP contribution in [0.3, 0.4) is 0 Å². The largest absolute Gasteiger partial charge is 0.351 e. The molecule has 108 valence electrons. The van der Waals surface area contributed by atoms with Crippen LogP contribution in [-0.2, 0) is 9.84 Å². The molecule has 2 rings (SSSR count). The van der Waals surface area contributed by atoms with Crippen molar-refractivity contribution in [3.8, 4) is 0 Å². The Labute approximate surface area is 141 Å². The number of hydrogen-bond donors (Lipinski definition) is 0. The number of aryl methyl sites for hydroxylation is 1. The minimum Gasteiger partial charge on any atom is -0.291 e. The lowest BCUT2D eigenvalue weighted by Gasteiger charge is -2.10. The molecule has 0 spiro atoms. The van der Waals surface area contributed by atoms with Crippen LogP contribution in [0.25, 0.3) is 4.85 Å². The van der Waals surface area contributed by atoms with E-state index in [1.54, 1.807) is 30.3 Å². The fourth-order valence-corrected chi connectivity index (χ4v) is 4.30. The Bertz CT molecular complexity index is 809. The zero-order valence-electron chi connectivity index (χ0n) is 11.0. The normalized spacial score (nSPS) is 12.7. The highest BCUT2D eigenvalue weighted by Crippen LogP contribution is 2.36. The molecule has 0 aromatic heterocycles. The Morgan fingerprint density at radius 2 is 1.71 bits per heavy atom. The Morgan fingerprint density at radius 1 is 1.10 bits per heavy atom. The molecular formula is C15H11Br2NO2S. The molecule has 0 aliphatic heterocycles. The summed E-state index contributed by atoms with van der Waals surface area (Å²) in [6.07, 6.45) is 0. The highest BCUT2D eigenvalue weighted by Gasteiger charge is 2.36. The van der Waals surface area contributed by atoms with E-state index >= 15 is 0 Å². The molecule has 0 amide bonds. The third-order valence-corrected chi connectivity index (χ3v) is 6.08. The van der Waals surface area contributed by atoms with Crippen LogP contribution in [-0.4, -0.2) is 8.42 Å². The van der Waals surface area contributed by atoms with E-state index in [0.717, 1.165) is 10.0 Å². The molecule has 0 fully saturated rings. The van der Waals surface area contributed by atoms with E-state index in [4.69, 9.17) is 6.57 Å². The van der Waals surface area contributed by atoms with Gasteiger partial charge in [0, 0.05) is 8.95 Å². The van der Waals surface area contributed by atoms with Gasteiger partial charge < -0.3 is 0 Å². The van der Waals surface area contributed by atoms with Crippen molar-refractivity contribution in [1.29, 1.82) is 0 Å². The monoisotopic (exact) mass is 427 g/mol. The maximum absolute atomic E-state index is 12.7. The van der Waals surface area contributed by atoms with Crippen molar-refractivity contribution in [2.24, 2.45) is 0 Å². The van der Waals surface area contributed by atoms with Crippen LogP contribution in [0.15, 0.2) is 56.3 Å². The van der Waals surface area contributed by atoms with Crippen LogP contribution in [0, 0.1) is 13.5 Å². The zero-order valence-corrected chi connectivity index (χ0v) is 15.0. The van der Waals surface area contributed by atoms with Crippen LogP contribution in [0.4, 0.5) is 0 Å². The minimum atomic E-state index is -3.77. The molecule has 3 nitrogen and oxygen atoms in total. The van der Waals surface area contributed by atoms with Crippen molar-refractivity contribution >= 4 is 41.7 Å². The highest BCUT2D eigenvalue weighted by molar-refractivity contribution is 9.11. The number of rotatable bonds is 3. The van der Waals surface area contributed by atoms with Crippen molar-refractivity contribution in [3.63, 3.8) is 0 Å². The molecular weight excluding hydrogens is 418 g/mol. The summed E-state index contributed by atoms with van der Waals surface area (Å²) in [7, 11) is -3.77. The zero-order chi connectivity index (χ0) is 15.6. The summed E-state index contributed by atoms with van der Waals surface area (Å²) in [4.78, 5) is 3.50. The molecule has 1 unspecified atom stereocenters. The molecule has 0 saturated heterocycles. The fourth-order valence-electron chi connectivity index (χ4n) is 1.87. The van der Waals surface area contributed by atoms with Crippen molar-refractivity contribution in [3.05, 3.63) is 74.0 Å². The lowest BCUT2D eigenvalue weighted by molar-refractivity contribution is 0.590. The molecule has 21 heavy (non-hydrogen) atoms. The second-order valence-corrected chi connectivity index (χ2v) is 8.28. The number of hydrogen-bond acceptors (Lipinski definition) is 2. The highest BCUT2D eigenvalue weighted by atomic mass is 79.9. The summed E-state index contributed by atoms with van der Waals surface area (Å²) in [6, 6.07) is 11.7. The Balaban J connectivity index is 2.58. The minimum absolute atomic E-state index is 0.154. The second-order valence-electron chi connectivity index (χ2n) is 4.51. The Kier molecular flexibility index (Phi) is 4.87. The van der Waals surface area contributed by atoms with Crippen molar-refractivity contribution in [1.82, 2.24) is 0 Å². The molecule has 2 aromatic carbocycles. The molecule has 0 bridgehead atoms. The SMILES string of the molecule is [C-]#[N+]C(c1cc(Br)ccc1Br)S(=O)(=O)c1ccc(C)cc1. The maximum Gasteiger partial charge on any atom is 0.351 e. The van der Waals surface area contributed by atoms with E-state index < -0.39 is 15.2 Å². The number of nitrogens with zero attached hydrogens (tertiary/aromatic N) is 1. The summed E-state index contributed by atoms with van der Waals surface area (Å²) in [5.74, 6) is 0. The van der Waals surface area contributed by atoms with Gasteiger partial charge in [-0.1, -0.05) is 49.6 Å². The van der Waals surface area contributed by atoms with Crippen LogP contribution >= 0.6 is 31.9 Å². The van der Waals surface area contributed by atoms with E-state index in [2.05, 4.69) is 36.7 Å². The summed E-state index contributed by atoms with van der Waals surface area (Å²) < 4.78 is 26.7. The van der Waals surface area contributed by atoms with Crippen LogP contribution < -0.4 is 0 Å². The Hall–Kier alpha value is -1.16.